The molecule has 3 aliphatic carbocycles. The molecule has 0 radical (unpaired) electrons. The Labute approximate surface area is 205 Å². The Morgan fingerprint density at radius 2 is 1.66 bits per heavy atom. The molecule has 0 heterocycles. The van der Waals surface area contributed by atoms with Gasteiger partial charge in [-0.05, 0) is 94.1 Å². The fraction of sp³-hybridized carbons (Fsp3) is 0.312. The van der Waals surface area contributed by atoms with E-state index in [0.29, 0.717) is 17.2 Å². The van der Waals surface area contributed by atoms with Crippen molar-refractivity contribution in [3.05, 3.63) is 97.7 Å². The van der Waals surface area contributed by atoms with Crippen molar-refractivity contribution >= 4 is 29.2 Å². The average molecular weight is 460 g/mol. The average Bonchev–Trinajstić information content (AvgIpc) is 2.92. The van der Waals surface area contributed by atoms with Crippen molar-refractivity contribution in [3.63, 3.8) is 0 Å². The van der Waals surface area contributed by atoms with E-state index in [1.54, 1.807) is 6.08 Å². The van der Waals surface area contributed by atoms with E-state index in [1.807, 2.05) is 12.1 Å². The number of Topliss-reactive ketones (excluding diaryl/α,β-unsaturated/α-hetero) is 1. The van der Waals surface area contributed by atoms with Gasteiger partial charge in [0.15, 0.2) is 5.78 Å². The molecule has 6 rings (SSSR count). The predicted octanol–water partition coefficient (Wildman–Crippen LogP) is 5.70. The summed E-state index contributed by atoms with van der Waals surface area (Å²) in [6.07, 6.45) is 13.7. The minimum Gasteiger partial charge on any atom is -0.289 e. The van der Waals surface area contributed by atoms with Crippen LogP contribution in [0.3, 0.4) is 0 Å². The third-order valence-corrected chi connectivity index (χ3v) is 8.17. The molecule has 0 aromatic heterocycles. The summed E-state index contributed by atoms with van der Waals surface area (Å²) >= 11 is 0. The number of carbonyl (C=O) groups excluding carboxylic acids is 2. The van der Waals surface area contributed by atoms with Crippen molar-refractivity contribution in [2.24, 2.45) is 4.99 Å². The summed E-state index contributed by atoms with van der Waals surface area (Å²) < 4.78 is 0. The maximum Gasteiger partial charge on any atom is 0.240 e. The van der Waals surface area contributed by atoms with Crippen LogP contribution in [0.4, 0.5) is 5.69 Å². The minimum absolute atomic E-state index is 0.00437. The Kier molecular flexibility index (Phi) is 5.80. The van der Waals surface area contributed by atoms with Crippen LogP contribution in [-0.4, -0.2) is 11.9 Å². The van der Waals surface area contributed by atoms with Gasteiger partial charge in [-0.15, -0.1) is 0 Å². The molecule has 3 nitrogen and oxygen atoms in total. The summed E-state index contributed by atoms with van der Waals surface area (Å²) in [6, 6.07) is 18.8. The smallest absolute Gasteiger partial charge is 0.240 e. The lowest BCUT2D eigenvalue weighted by Crippen LogP contribution is -2.25. The highest BCUT2D eigenvalue weighted by Crippen LogP contribution is 2.36. The molecule has 3 heteroatoms. The number of aliphatic imine (C=N–C) groups is 1. The molecule has 1 saturated carbocycles. The molecule has 0 saturated heterocycles. The van der Waals surface area contributed by atoms with E-state index in [4.69, 9.17) is 0 Å². The summed E-state index contributed by atoms with van der Waals surface area (Å²) in [6.45, 7) is 0. The number of isocyanates is 1. The van der Waals surface area contributed by atoms with E-state index in [2.05, 4.69) is 53.5 Å². The van der Waals surface area contributed by atoms with Gasteiger partial charge >= 0.3 is 0 Å². The van der Waals surface area contributed by atoms with Crippen LogP contribution < -0.4 is 10.4 Å². The lowest BCUT2D eigenvalue weighted by atomic mass is 9.82. The van der Waals surface area contributed by atoms with Crippen LogP contribution in [0.25, 0.3) is 11.6 Å². The highest BCUT2D eigenvalue weighted by atomic mass is 16.1. The Morgan fingerprint density at radius 1 is 0.829 bits per heavy atom. The first-order valence-corrected chi connectivity index (χ1v) is 12.9. The molecular formula is C32H29NO2. The standard InChI is InChI=1S/C32H29NO2/c34-20-33-31-19-23(21-7-2-1-3-8-21)14-16-30(31)32(35)29-12-6-11-25-27-15-13-22-9-4-5-10-24(22)26(27)17-18-28(25)29/h4-5,9-10,13-14,16-19,21H,1-3,6-8,11-12,15H2. The van der Waals surface area contributed by atoms with Gasteiger partial charge in [-0.2, -0.15) is 4.99 Å². The van der Waals surface area contributed by atoms with Gasteiger partial charge in [-0.3, -0.25) is 4.79 Å². The predicted molar refractivity (Wildman–Crippen MR) is 139 cm³/mol. The maximum absolute atomic E-state index is 13.9. The first-order chi connectivity index (χ1) is 17.2. The minimum atomic E-state index is -0.00437. The number of hydrogen-bond acceptors (Lipinski definition) is 3. The zero-order valence-corrected chi connectivity index (χ0v) is 20.0. The quantitative estimate of drug-likeness (QED) is 0.286. The number of nitrogens with zero attached hydrogens (tertiary/aromatic N) is 1. The van der Waals surface area contributed by atoms with Crippen molar-refractivity contribution in [3.8, 4) is 0 Å². The van der Waals surface area contributed by atoms with Gasteiger partial charge in [0.1, 0.15) is 0 Å². The summed E-state index contributed by atoms with van der Waals surface area (Å²) in [5.41, 5.74) is 5.68. The van der Waals surface area contributed by atoms with Gasteiger partial charge in [0.2, 0.25) is 6.08 Å². The molecule has 1 fully saturated rings. The fourth-order valence-electron chi connectivity index (χ4n) is 6.43. The van der Waals surface area contributed by atoms with Crippen molar-refractivity contribution < 1.29 is 9.59 Å². The number of carbonyl (C=O) groups is 1. The van der Waals surface area contributed by atoms with Crippen LogP contribution in [0.15, 0.2) is 59.6 Å². The first-order valence-electron chi connectivity index (χ1n) is 12.9. The molecule has 0 bridgehead atoms. The Morgan fingerprint density at radius 3 is 2.51 bits per heavy atom. The van der Waals surface area contributed by atoms with Crippen molar-refractivity contribution in [2.45, 2.75) is 63.7 Å². The summed E-state index contributed by atoms with van der Waals surface area (Å²) in [7, 11) is 0. The SMILES string of the molecule is O=C=Nc1cc(C2CCCCC2)ccc1C(=O)C1=c2ccc3c(c2CCC1)CC=c1ccccc1=3. The lowest BCUT2D eigenvalue weighted by molar-refractivity contribution is 0.105. The fourth-order valence-corrected chi connectivity index (χ4v) is 6.43. The second kappa shape index (κ2) is 9.24. The molecule has 0 N–H and O–H groups in total. The second-order valence-electron chi connectivity index (χ2n) is 10.1. The molecule has 3 aromatic rings. The number of benzene rings is 3. The Bertz CT molecular complexity index is 1600. The van der Waals surface area contributed by atoms with Gasteiger partial charge in [-0.25, -0.2) is 4.79 Å². The van der Waals surface area contributed by atoms with Crippen molar-refractivity contribution in [2.75, 3.05) is 0 Å². The van der Waals surface area contributed by atoms with Crippen LogP contribution in [0, 0.1) is 10.4 Å². The van der Waals surface area contributed by atoms with Gasteiger partial charge in [0.05, 0.1) is 5.69 Å². The van der Waals surface area contributed by atoms with E-state index in [9.17, 15) is 9.59 Å². The van der Waals surface area contributed by atoms with Crippen LogP contribution >= 0.6 is 0 Å². The Hall–Kier alpha value is -3.55. The highest BCUT2D eigenvalue weighted by molar-refractivity contribution is 6.26. The zero-order chi connectivity index (χ0) is 23.8. The number of hydrogen-bond donors (Lipinski definition) is 0. The topological polar surface area (TPSA) is 46.5 Å². The van der Waals surface area contributed by atoms with Gasteiger partial charge in [0, 0.05) is 11.1 Å². The molecule has 174 valence electrons. The van der Waals surface area contributed by atoms with Crippen LogP contribution in [0.1, 0.15) is 77.9 Å². The van der Waals surface area contributed by atoms with Gasteiger partial charge in [0.25, 0.3) is 0 Å². The molecule has 3 aliphatic rings. The summed E-state index contributed by atoms with van der Waals surface area (Å²) in [5, 5.41) is 4.92. The van der Waals surface area contributed by atoms with Crippen LogP contribution in [0.5, 0.6) is 0 Å². The molecule has 0 aliphatic heterocycles. The lowest BCUT2D eigenvalue weighted by Gasteiger charge is -2.23. The van der Waals surface area contributed by atoms with Crippen molar-refractivity contribution in [1.82, 2.24) is 0 Å². The molecule has 0 amide bonds. The monoisotopic (exact) mass is 459 g/mol. The number of rotatable bonds is 4. The van der Waals surface area contributed by atoms with Crippen LogP contribution in [0.2, 0.25) is 0 Å². The summed E-state index contributed by atoms with van der Waals surface area (Å²) in [4.78, 5) is 29.1. The van der Waals surface area contributed by atoms with Gasteiger partial charge < -0.3 is 0 Å². The molecule has 0 unspecified atom stereocenters. The molecular weight excluding hydrogens is 430 g/mol. The Balaban J connectivity index is 1.49. The van der Waals surface area contributed by atoms with E-state index < -0.39 is 0 Å². The van der Waals surface area contributed by atoms with E-state index in [1.165, 1.54) is 51.6 Å². The van der Waals surface area contributed by atoms with Gasteiger partial charge in [-0.1, -0.05) is 67.8 Å². The second-order valence-corrected chi connectivity index (χ2v) is 10.1. The molecule has 35 heavy (non-hydrogen) atoms. The third-order valence-electron chi connectivity index (χ3n) is 8.17. The molecule has 3 aromatic carbocycles. The van der Waals surface area contributed by atoms with E-state index in [-0.39, 0.29) is 5.78 Å². The zero-order valence-electron chi connectivity index (χ0n) is 20.0. The molecule has 0 atom stereocenters. The summed E-state index contributed by atoms with van der Waals surface area (Å²) in [5.74, 6) is 0.484. The van der Waals surface area contributed by atoms with Crippen molar-refractivity contribution in [1.29, 1.82) is 0 Å². The third kappa shape index (κ3) is 3.90. The first kappa shape index (κ1) is 21.9. The number of fused-ring (bicyclic) bond motifs is 4. The largest absolute Gasteiger partial charge is 0.289 e. The maximum atomic E-state index is 13.9. The van der Waals surface area contributed by atoms with E-state index in [0.717, 1.165) is 49.3 Å². The molecule has 0 spiro atoms. The normalized spacial score (nSPS) is 16.9. The van der Waals surface area contributed by atoms with E-state index >= 15 is 0 Å². The highest BCUT2D eigenvalue weighted by Gasteiger charge is 2.24. The van der Waals surface area contributed by atoms with Crippen LogP contribution in [-0.2, 0) is 17.6 Å². The number of ketones is 1.